The van der Waals surface area contributed by atoms with Gasteiger partial charge < -0.3 is 13.7 Å². The fraction of sp³-hybridized carbons (Fsp3) is 0. The van der Waals surface area contributed by atoms with Crippen LogP contribution in [-0.2, 0) is 0 Å². The average Bonchev–Trinajstić information content (AvgIpc) is 4.01. The molecular formula is C49H28N2O2S2. The molecule has 0 spiro atoms. The molecule has 0 atom stereocenters. The summed E-state index contributed by atoms with van der Waals surface area (Å²) in [6.45, 7) is 0. The molecular weight excluding hydrogens is 713 g/mol. The molecule has 12 aromatic rings. The monoisotopic (exact) mass is 740 g/mol. The molecule has 258 valence electrons. The Morgan fingerprint density at radius 2 is 0.927 bits per heavy atom. The van der Waals surface area contributed by atoms with Crippen molar-refractivity contribution in [2.75, 3.05) is 4.90 Å². The maximum Gasteiger partial charge on any atom is 0.227 e. The second kappa shape index (κ2) is 11.9. The van der Waals surface area contributed by atoms with Crippen molar-refractivity contribution in [3.05, 3.63) is 170 Å². The SMILES string of the molecule is c1ccc(-c2nc3cc4oc5cc(-c6ccc(N(c7ccc8c(c7)sc7ccccc78)c7ccc8c(c7)sc7ccccc78)cc6)ccc5c4cc3o2)cc1. The first kappa shape index (κ1) is 30.7. The number of thiophene rings is 2. The van der Waals surface area contributed by atoms with E-state index in [2.05, 4.69) is 132 Å². The molecule has 0 saturated carbocycles. The number of nitrogens with zero attached hydrogens (tertiary/aromatic N) is 2. The minimum Gasteiger partial charge on any atom is -0.456 e. The van der Waals surface area contributed by atoms with Gasteiger partial charge in [0.25, 0.3) is 0 Å². The van der Waals surface area contributed by atoms with Crippen LogP contribution >= 0.6 is 22.7 Å². The lowest BCUT2D eigenvalue weighted by molar-refractivity contribution is 0.620. The van der Waals surface area contributed by atoms with Gasteiger partial charge in [0, 0.05) is 79.8 Å². The van der Waals surface area contributed by atoms with Crippen LogP contribution in [0.5, 0.6) is 0 Å². The van der Waals surface area contributed by atoms with Crippen molar-refractivity contribution in [1.82, 2.24) is 4.98 Å². The summed E-state index contributed by atoms with van der Waals surface area (Å²) in [7, 11) is 0. The molecule has 0 amide bonds. The van der Waals surface area contributed by atoms with Crippen molar-refractivity contribution in [2.24, 2.45) is 0 Å². The van der Waals surface area contributed by atoms with Gasteiger partial charge in [-0.05, 0) is 90.0 Å². The highest BCUT2D eigenvalue weighted by Gasteiger charge is 2.18. The van der Waals surface area contributed by atoms with Gasteiger partial charge in [-0.25, -0.2) is 4.98 Å². The Balaban J connectivity index is 0.938. The molecule has 0 aliphatic heterocycles. The van der Waals surface area contributed by atoms with Crippen LogP contribution in [0.4, 0.5) is 17.1 Å². The Morgan fingerprint density at radius 3 is 1.62 bits per heavy atom. The summed E-state index contributed by atoms with van der Waals surface area (Å²) in [6, 6.07) is 60.5. The summed E-state index contributed by atoms with van der Waals surface area (Å²) in [5.41, 5.74) is 9.68. The van der Waals surface area contributed by atoms with E-state index in [-0.39, 0.29) is 0 Å². The molecule has 4 heterocycles. The Kier molecular flexibility index (Phi) is 6.64. The fourth-order valence-electron chi connectivity index (χ4n) is 8.04. The molecule has 6 heteroatoms. The van der Waals surface area contributed by atoms with Gasteiger partial charge in [0.1, 0.15) is 16.7 Å². The minimum atomic E-state index is 0.609. The van der Waals surface area contributed by atoms with Crippen LogP contribution in [0.3, 0.4) is 0 Å². The van der Waals surface area contributed by atoms with Crippen LogP contribution in [0.1, 0.15) is 0 Å². The molecule has 0 N–H and O–H groups in total. The predicted molar refractivity (Wildman–Crippen MR) is 233 cm³/mol. The van der Waals surface area contributed by atoms with Crippen LogP contribution in [-0.4, -0.2) is 4.98 Å². The van der Waals surface area contributed by atoms with Crippen LogP contribution in [0.25, 0.3) is 96.0 Å². The molecule has 0 fully saturated rings. The Morgan fingerprint density at radius 1 is 0.364 bits per heavy atom. The predicted octanol–water partition coefficient (Wildman–Crippen LogP) is 15.3. The number of aromatic nitrogens is 1. The van der Waals surface area contributed by atoms with Crippen molar-refractivity contribution >= 4 is 113 Å². The number of benzene rings is 8. The van der Waals surface area contributed by atoms with E-state index in [1.54, 1.807) is 0 Å². The number of hydrogen-bond acceptors (Lipinski definition) is 6. The highest BCUT2D eigenvalue weighted by Crippen LogP contribution is 2.44. The lowest BCUT2D eigenvalue weighted by Gasteiger charge is -2.26. The number of fused-ring (bicyclic) bond motifs is 10. The average molecular weight is 741 g/mol. The fourth-order valence-corrected chi connectivity index (χ4v) is 10.3. The molecule has 8 aromatic carbocycles. The lowest BCUT2D eigenvalue weighted by Crippen LogP contribution is -2.09. The first-order valence-electron chi connectivity index (χ1n) is 18.3. The maximum absolute atomic E-state index is 6.44. The third-order valence-corrected chi connectivity index (χ3v) is 13.0. The molecule has 55 heavy (non-hydrogen) atoms. The van der Waals surface area contributed by atoms with E-state index in [9.17, 15) is 0 Å². The quantitative estimate of drug-likeness (QED) is 0.176. The second-order valence-corrected chi connectivity index (χ2v) is 16.1. The van der Waals surface area contributed by atoms with Gasteiger partial charge in [-0.15, -0.1) is 22.7 Å². The summed E-state index contributed by atoms with van der Waals surface area (Å²) in [4.78, 5) is 7.14. The van der Waals surface area contributed by atoms with Gasteiger partial charge in [0.2, 0.25) is 5.89 Å². The molecule has 0 aliphatic carbocycles. The van der Waals surface area contributed by atoms with Crippen molar-refractivity contribution < 1.29 is 8.83 Å². The van der Waals surface area contributed by atoms with Gasteiger partial charge in [0.05, 0.1) is 0 Å². The van der Waals surface area contributed by atoms with Crippen LogP contribution in [0.2, 0.25) is 0 Å². The zero-order valence-corrected chi connectivity index (χ0v) is 30.8. The Bertz CT molecular complexity index is 3330. The number of hydrogen-bond donors (Lipinski definition) is 0. The zero-order valence-electron chi connectivity index (χ0n) is 29.2. The maximum atomic E-state index is 6.44. The Hall–Kier alpha value is -6.73. The van der Waals surface area contributed by atoms with Crippen LogP contribution in [0.15, 0.2) is 179 Å². The highest BCUT2D eigenvalue weighted by atomic mass is 32.1. The van der Waals surface area contributed by atoms with Gasteiger partial charge in [-0.2, -0.15) is 0 Å². The van der Waals surface area contributed by atoms with Crippen LogP contribution < -0.4 is 4.90 Å². The number of anilines is 3. The molecule has 0 bridgehead atoms. The van der Waals surface area contributed by atoms with E-state index in [4.69, 9.17) is 13.8 Å². The molecule has 0 unspecified atom stereocenters. The highest BCUT2D eigenvalue weighted by molar-refractivity contribution is 7.26. The topological polar surface area (TPSA) is 42.4 Å². The van der Waals surface area contributed by atoms with Crippen molar-refractivity contribution in [3.8, 4) is 22.6 Å². The van der Waals surface area contributed by atoms with E-state index >= 15 is 0 Å². The standard InChI is InChI=1S/C49H28N2O2S2/c1-2-8-30(9-3-1)49-50-41-28-43-40(27-44(41)53-49)35-21-16-31(24-42(35)52-43)29-14-17-32(18-15-29)51(33-19-22-38-36-10-4-6-12-45(36)54-47(38)25-33)34-20-23-39-37-11-5-7-13-46(37)55-48(39)26-34/h1-28H. The lowest BCUT2D eigenvalue weighted by atomic mass is 10.0. The summed E-state index contributed by atoms with van der Waals surface area (Å²) in [5.74, 6) is 0.609. The largest absolute Gasteiger partial charge is 0.456 e. The molecule has 0 aliphatic rings. The third kappa shape index (κ3) is 4.92. The third-order valence-electron chi connectivity index (χ3n) is 10.7. The van der Waals surface area contributed by atoms with Crippen molar-refractivity contribution in [3.63, 3.8) is 0 Å². The molecule has 4 aromatic heterocycles. The van der Waals surface area contributed by atoms with E-state index in [0.717, 1.165) is 66.8 Å². The smallest absolute Gasteiger partial charge is 0.227 e. The molecule has 0 radical (unpaired) electrons. The Labute approximate surface area is 322 Å². The summed E-state index contributed by atoms with van der Waals surface area (Å²) < 4.78 is 17.8. The molecule has 0 saturated heterocycles. The minimum absolute atomic E-state index is 0.609. The van der Waals surface area contributed by atoms with Gasteiger partial charge in [0.15, 0.2) is 5.58 Å². The normalized spacial score (nSPS) is 12.0. The summed E-state index contributed by atoms with van der Waals surface area (Å²) in [5, 5.41) is 7.27. The van der Waals surface area contributed by atoms with E-state index in [1.165, 1.54) is 40.3 Å². The number of rotatable bonds is 5. The zero-order chi connectivity index (χ0) is 36.0. The number of oxazole rings is 1. The first-order chi connectivity index (χ1) is 27.2. The first-order valence-corrected chi connectivity index (χ1v) is 19.9. The van der Waals surface area contributed by atoms with Crippen LogP contribution in [0, 0.1) is 0 Å². The van der Waals surface area contributed by atoms with E-state index < -0.39 is 0 Å². The summed E-state index contributed by atoms with van der Waals surface area (Å²) >= 11 is 3.70. The van der Waals surface area contributed by atoms with Gasteiger partial charge in [-0.3, -0.25) is 0 Å². The van der Waals surface area contributed by atoms with Gasteiger partial charge in [-0.1, -0.05) is 84.9 Å². The van der Waals surface area contributed by atoms with E-state index in [1.807, 2.05) is 65.1 Å². The van der Waals surface area contributed by atoms with Crippen molar-refractivity contribution in [2.45, 2.75) is 0 Å². The molecule has 12 rings (SSSR count). The second-order valence-electron chi connectivity index (χ2n) is 14.0. The van der Waals surface area contributed by atoms with E-state index in [0.29, 0.717) is 5.89 Å². The number of furan rings is 1. The van der Waals surface area contributed by atoms with Gasteiger partial charge >= 0.3 is 0 Å². The van der Waals surface area contributed by atoms with Crippen molar-refractivity contribution in [1.29, 1.82) is 0 Å². The summed E-state index contributed by atoms with van der Waals surface area (Å²) in [6.07, 6.45) is 0. The molecule has 4 nitrogen and oxygen atoms in total.